The highest BCUT2D eigenvalue weighted by Crippen LogP contribution is 2.49. The van der Waals surface area contributed by atoms with Crippen LogP contribution >= 0.6 is 0 Å². The molecule has 1 aliphatic carbocycles. The van der Waals surface area contributed by atoms with Crippen LogP contribution in [0.2, 0.25) is 0 Å². The predicted molar refractivity (Wildman–Crippen MR) is 99.3 cm³/mol. The fraction of sp³-hybridized carbons (Fsp3) is 0.273. The average molecular weight is 362 g/mol. The zero-order valence-corrected chi connectivity index (χ0v) is 15.0. The summed E-state index contributed by atoms with van der Waals surface area (Å²) in [4.78, 5) is 22.6. The molecule has 0 saturated carbocycles. The highest BCUT2D eigenvalue weighted by Gasteiger charge is 2.37. The Bertz CT molecular complexity index is 916. The van der Waals surface area contributed by atoms with Gasteiger partial charge in [0.2, 0.25) is 0 Å². The Hall–Kier alpha value is -3.08. The maximum atomic E-state index is 11.7. The van der Waals surface area contributed by atoms with Crippen molar-refractivity contribution >= 4 is 17.6 Å². The molecule has 0 spiro atoms. The van der Waals surface area contributed by atoms with Gasteiger partial charge in [-0.05, 0) is 47.2 Å². The van der Waals surface area contributed by atoms with Crippen LogP contribution in [-0.4, -0.2) is 19.0 Å². The van der Waals surface area contributed by atoms with Crippen LogP contribution in [0.15, 0.2) is 54.6 Å². The molecule has 0 fully saturated rings. The molecule has 2 aromatic carbocycles. The lowest BCUT2D eigenvalue weighted by Crippen LogP contribution is -2.29. The molecule has 5 nitrogen and oxygen atoms in total. The van der Waals surface area contributed by atoms with Crippen LogP contribution in [0.3, 0.4) is 0 Å². The summed E-state index contributed by atoms with van der Waals surface area (Å²) in [5.41, 5.74) is 4.56. The third-order valence-electron chi connectivity index (χ3n) is 5.47. The number of nitrogens with one attached hydrogen (secondary N) is 1. The van der Waals surface area contributed by atoms with Crippen LogP contribution in [0.4, 0.5) is 5.69 Å². The zero-order valence-electron chi connectivity index (χ0n) is 15.0. The maximum absolute atomic E-state index is 11.7. The highest BCUT2D eigenvalue weighted by molar-refractivity contribution is 5.89. The fourth-order valence-corrected chi connectivity index (χ4v) is 4.19. The first-order valence-corrected chi connectivity index (χ1v) is 9.01. The van der Waals surface area contributed by atoms with E-state index in [1.807, 2.05) is 30.3 Å². The van der Waals surface area contributed by atoms with E-state index in [1.165, 1.54) is 7.11 Å². The van der Waals surface area contributed by atoms with Gasteiger partial charge in [-0.25, -0.2) is 4.79 Å². The monoisotopic (exact) mass is 362 g/mol. The number of fused-ring (bicyclic) bond motifs is 3. The Labute approximate surface area is 157 Å². The molecule has 5 heteroatoms. The molecule has 2 aliphatic rings. The van der Waals surface area contributed by atoms with Crippen molar-refractivity contribution in [2.24, 2.45) is 5.92 Å². The van der Waals surface area contributed by atoms with Crippen molar-refractivity contribution in [3.8, 4) is 0 Å². The lowest BCUT2D eigenvalue weighted by molar-refractivity contribution is -0.304. The molecule has 1 aliphatic heterocycles. The lowest BCUT2D eigenvalue weighted by atomic mass is 9.76. The number of carbonyl (C=O) groups excluding carboxylic acids is 2. The van der Waals surface area contributed by atoms with Gasteiger partial charge in [-0.3, -0.25) is 0 Å². The Morgan fingerprint density at radius 1 is 1.19 bits per heavy atom. The first-order chi connectivity index (χ1) is 13.1. The standard InChI is InChI=1S/C22H21NO4/c1-27-22(26)15-8-6-14(7-9-15)21-17-4-2-3-16(17)18-11-13(12-20(24)25)5-10-19(18)23-21/h2-3,5-11,16-17,21,23H,4,12H2,1H3,(H,24,25)/p-1/t16-,17-,21-/m0/s1. The lowest BCUT2D eigenvalue weighted by Gasteiger charge is -2.38. The third kappa shape index (κ3) is 3.21. The van der Waals surface area contributed by atoms with Gasteiger partial charge in [-0.15, -0.1) is 0 Å². The number of hydrogen-bond acceptors (Lipinski definition) is 5. The first-order valence-electron chi connectivity index (χ1n) is 9.01. The molecule has 0 radical (unpaired) electrons. The molecule has 0 saturated heterocycles. The average Bonchev–Trinajstić information content (AvgIpc) is 3.17. The van der Waals surface area contributed by atoms with Gasteiger partial charge in [0.05, 0.1) is 18.7 Å². The van der Waals surface area contributed by atoms with Crippen LogP contribution in [0.1, 0.15) is 45.4 Å². The van der Waals surface area contributed by atoms with Crippen LogP contribution in [0.25, 0.3) is 0 Å². The fourth-order valence-electron chi connectivity index (χ4n) is 4.19. The molecule has 0 amide bonds. The summed E-state index contributed by atoms with van der Waals surface area (Å²) < 4.78 is 4.77. The number of carboxylic acid groups (broad SMARTS) is 1. The van der Waals surface area contributed by atoms with E-state index in [0.717, 1.165) is 28.8 Å². The van der Waals surface area contributed by atoms with Gasteiger partial charge in [-0.1, -0.05) is 36.4 Å². The summed E-state index contributed by atoms with van der Waals surface area (Å²) in [6.45, 7) is 0. The molecular formula is C22H20NO4-. The summed E-state index contributed by atoms with van der Waals surface area (Å²) in [7, 11) is 1.37. The molecule has 138 valence electrons. The molecule has 0 bridgehead atoms. The maximum Gasteiger partial charge on any atom is 0.337 e. The Morgan fingerprint density at radius 3 is 2.67 bits per heavy atom. The van der Waals surface area contributed by atoms with Crippen molar-refractivity contribution < 1.29 is 19.4 Å². The number of carbonyl (C=O) groups is 2. The van der Waals surface area contributed by atoms with Crippen molar-refractivity contribution in [2.75, 3.05) is 12.4 Å². The van der Waals surface area contributed by atoms with Crippen LogP contribution < -0.4 is 10.4 Å². The summed E-state index contributed by atoms with van der Waals surface area (Å²) in [5.74, 6) is -0.821. The molecule has 1 N–H and O–H groups in total. The molecule has 1 heterocycles. The number of anilines is 1. The Kier molecular flexibility index (Phi) is 4.44. The molecule has 0 aromatic heterocycles. The number of methoxy groups -OCH3 is 1. The molecular weight excluding hydrogens is 342 g/mol. The van der Waals surface area contributed by atoms with E-state index in [1.54, 1.807) is 12.1 Å². The second-order valence-corrected chi connectivity index (χ2v) is 7.06. The number of ether oxygens (including phenoxy) is 1. The minimum absolute atomic E-state index is 0.0766. The van der Waals surface area contributed by atoms with Gasteiger partial charge < -0.3 is 20.0 Å². The van der Waals surface area contributed by atoms with E-state index in [2.05, 4.69) is 17.5 Å². The largest absolute Gasteiger partial charge is 0.550 e. The van der Waals surface area contributed by atoms with Crippen LogP contribution in [0.5, 0.6) is 0 Å². The third-order valence-corrected chi connectivity index (χ3v) is 5.47. The van der Waals surface area contributed by atoms with E-state index >= 15 is 0 Å². The van der Waals surface area contributed by atoms with Gasteiger partial charge in [0.15, 0.2) is 0 Å². The van der Waals surface area contributed by atoms with Gasteiger partial charge in [0, 0.05) is 24.0 Å². The van der Waals surface area contributed by atoms with Gasteiger partial charge >= 0.3 is 5.97 Å². The van der Waals surface area contributed by atoms with E-state index in [0.29, 0.717) is 11.5 Å². The highest BCUT2D eigenvalue weighted by atomic mass is 16.5. The summed E-state index contributed by atoms with van der Waals surface area (Å²) in [6.07, 6.45) is 5.27. The summed E-state index contributed by atoms with van der Waals surface area (Å²) in [5, 5.41) is 14.5. The zero-order chi connectivity index (χ0) is 19.0. The predicted octanol–water partition coefficient (Wildman–Crippen LogP) is 2.59. The van der Waals surface area contributed by atoms with Crippen molar-refractivity contribution in [1.82, 2.24) is 0 Å². The van der Waals surface area contributed by atoms with Crippen molar-refractivity contribution in [3.05, 3.63) is 76.9 Å². The molecule has 2 aromatic rings. The number of esters is 1. The number of rotatable bonds is 4. The smallest absolute Gasteiger partial charge is 0.337 e. The van der Waals surface area contributed by atoms with Crippen LogP contribution in [-0.2, 0) is 16.0 Å². The number of allylic oxidation sites excluding steroid dienone is 2. The van der Waals surface area contributed by atoms with Gasteiger partial charge in [0.25, 0.3) is 0 Å². The van der Waals surface area contributed by atoms with E-state index in [9.17, 15) is 14.7 Å². The van der Waals surface area contributed by atoms with Gasteiger partial charge in [-0.2, -0.15) is 0 Å². The molecule has 3 atom stereocenters. The van der Waals surface area contributed by atoms with Crippen molar-refractivity contribution in [1.29, 1.82) is 0 Å². The topological polar surface area (TPSA) is 78.5 Å². The summed E-state index contributed by atoms with van der Waals surface area (Å²) in [6, 6.07) is 13.4. The molecule has 0 unspecified atom stereocenters. The Balaban J connectivity index is 1.66. The van der Waals surface area contributed by atoms with E-state index in [-0.39, 0.29) is 24.3 Å². The SMILES string of the molecule is COC(=O)c1ccc([C@@H]2Nc3ccc(CC(=O)[O-])cc3[C@H]3C=CC[C@@H]32)cc1. The quantitative estimate of drug-likeness (QED) is 0.668. The number of benzene rings is 2. The second-order valence-electron chi connectivity index (χ2n) is 7.06. The van der Waals surface area contributed by atoms with E-state index < -0.39 is 5.97 Å². The normalized spacial score (nSPS) is 22.5. The van der Waals surface area contributed by atoms with Gasteiger partial charge in [0.1, 0.15) is 0 Å². The second kappa shape index (κ2) is 6.91. The Morgan fingerprint density at radius 2 is 1.96 bits per heavy atom. The summed E-state index contributed by atoms with van der Waals surface area (Å²) >= 11 is 0. The number of hydrogen-bond donors (Lipinski definition) is 1. The minimum Gasteiger partial charge on any atom is -0.550 e. The number of aliphatic carboxylic acids is 1. The molecule has 4 rings (SSSR count). The minimum atomic E-state index is -1.07. The van der Waals surface area contributed by atoms with Crippen molar-refractivity contribution in [2.45, 2.75) is 24.8 Å². The number of carboxylic acids is 1. The first kappa shape index (κ1) is 17.3. The van der Waals surface area contributed by atoms with E-state index in [4.69, 9.17) is 4.74 Å². The van der Waals surface area contributed by atoms with Crippen molar-refractivity contribution in [3.63, 3.8) is 0 Å². The molecule has 27 heavy (non-hydrogen) atoms. The van der Waals surface area contributed by atoms with Crippen LogP contribution in [0, 0.1) is 5.92 Å².